The summed E-state index contributed by atoms with van der Waals surface area (Å²) < 4.78 is 0. The molecule has 0 bridgehead atoms. The Labute approximate surface area is 86.9 Å². The maximum atomic E-state index is 10.6. The summed E-state index contributed by atoms with van der Waals surface area (Å²) in [4.78, 5) is 14.4. The van der Waals surface area contributed by atoms with Gasteiger partial charge in [-0.25, -0.2) is 9.78 Å². The maximum Gasteiger partial charge on any atom is 0.337 e. The topological polar surface area (TPSA) is 76.2 Å². The molecule has 0 saturated heterocycles. The molecule has 0 radical (unpaired) electrons. The highest BCUT2D eigenvalue weighted by Gasteiger charge is 2.05. The van der Waals surface area contributed by atoms with Crippen molar-refractivity contribution in [3.05, 3.63) is 29.5 Å². The van der Waals surface area contributed by atoms with E-state index in [2.05, 4.69) is 17.6 Å². The van der Waals surface area contributed by atoms with Crippen LogP contribution in [0.2, 0.25) is 0 Å². The van der Waals surface area contributed by atoms with Gasteiger partial charge in [-0.15, -0.1) is 0 Å². The second-order valence-corrected chi connectivity index (χ2v) is 2.95. The third kappa shape index (κ3) is 2.50. The number of pyridine rings is 1. The lowest BCUT2D eigenvalue weighted by Gasteiger charge is -2.00. The number of anilines is 1. The van der Waals surface area contributed by atoms with Crippen LogP contribution in [0.4, 0.5) is 5.82 Å². The first kappa shape index (κ1) is 10.6. The van der Waals surface area contributed by atoms with Crippen LogP contribution in [0.15, 0.2) is 18.3 Å². The van der Waals surface area contributed by atoms with Crippen molar-refractivity contribution in [3.8, 4) is 0 Å². The summed E-state index contributed by atoms with van der Waals surface area (Å²) in [7, 11) is 0. The van der Waals surface area contributed by atoms with Crippen LogP contribution >= 0.6 is 12.6 Å². The van der Waals surface area contributed by atoms with Crippen LogP contribution < -0.4 is 5.73 Å². The number of thiol groups is 1. The van der Waals surface area contributed by atoms with Gasteiger partial charge < -0.3 is 10.8 Å². The van der Waals surface area contributed by atoms with Gasteiger partial charge in [-0.2, -0.15) is 12.6 Å². The fourth-order valence-electron chi connectivity index (χ4n) is 0.922. The number of hydrogen-bond donors (Lipinski definition) is 3. The van der Waals surface area contributed by atoms with Crippen LogP contribution in [0, 0.1) is 0 Å². The Morgan fingerprint density at radius 3 is 3.00 bits per heavy atom. The van der Waals surface area contributed by atoms with Crippen LogP contribution in [0.5, 0.6) is 0 Å². The Hall–Kier alpha value is -1.49. The van der Waals surface area contributed by atoms with Crippen molar-refractivity contribution in [1.29, 1.82) is 0 Å². The van der Waals surface area contributed by atoms with Gasteiger partial charge in [0.25, 0.3) is 0 Å². The molecule has 5 heteroatoms. The Morgan fingerprint density at radius 1 is 1.71 bits per heavy atom. The lowest BCUT2D eigenvalue weighted by atomic mass is 10.2. The molecule has 0 aliphatic heterocycles. The monoisotopic (exact) mass is 210 g/mol. The zero-order valence-corrected chi connectivity index (χ0v) is 8.24. The Morgan fingerprint density at radius 2 is 2.43 bits per heavy atom. The van der Waals surface area contributed by atoms with Gasteiger partial charge >= 0.3 is 5.97 Å². The maximum absolute atomic E-state index is 10.6. The van der Waals surface area contributed by atoms with E-state index < -0.39 is 5.97 Å². The molecular weight excluding hydrogens is 200 g/mol. The van der Waals surface area contributed by atoms with Crippen molar-refractivity contribution >= 4 is 30.5 Å². The van der Waals surface area contributed by atoms with Gasteiger partial charge in [0.05, 0.1) is 5.56 Å². The van der Waals surface area contributed by atoms with E-state index in [1.54, 1.807) is 12.2 Å². The summed E-state index contributed by atoms with van der Waals surface area (Å²) >= 11 is 3.99. The minimum absolute atomic E-state index is 0.123. The third-order valence-electron chi connectivity index (χ3n) is 1.60. The zero-order valence-electron chi connectivity index (χ0n) is 7.34. The molecule has 1 rings (SSSR count). The molecule has 0 atom stereocenters. The SMILES string of the molecule is Nc1ncc(C(=O)O)cc1C=CCS. The van der Waals surface area contributed by atoms with Gasteiger partial charge in [0.2, 0.25) is 0 Å². The largest absolute Gasteiger partial charge is 0.478 e. The standard InChI is InChI=1S/C9H10N2O2S/c10-8-6(2-1-3-14)4-7(5-11-8)9(12)13/h1-2,4-5,14H,3H2,(H2,10,11)(H,12,13). The van der Waals surface area contributed by atoms with Gasteiger partial charge in [-0.05, 0) is 6.07 Å². The number of nitrogens with two attached hydrogens (primary N) is 1. The van der Waals surface area contributed by atoms with Crippen molar-refractivity contribution < 1.29 is 9.90 Å². The summed E-state index contributed by atoms with van der Waals surface area (Å²) in [5, 5.41) is 8.71. The number of nitrogens with zero attached hydrogens (tertiary/aromatic N) is 1. The molecule has 0 amide bonds. The smallest absolute Gasteiger partial charge is 0.337 e. The molecular formula is C9H10N2O2S. The molecule has 0 aliphatic carbocycles. The van der Waals surface area contributed by atoms with Crippen LogP contribution in [0.1, 0.15) is 15.9 Å². The lowest BCUT2D eigenvalue weighted by molar-refractivity contribution is 0.0696. The van der Waals surface area contributed by atoms with E-state index in [1.165, 1.54) is 12.3 Å². The number of hydrogen-bond acceptors (Lipinski definition) is 4. The van der Waals surface area contributed by atoms with Gasteiger partial charge in [0.1, 0.15) is 5.82 Å². The van der Waals surface area contributed by atoms with Crippen molar-refractivity contribution in [2.75, 3.05) is 11.5 Å². The predicted molar refractivity (Wildman–Crippen MR) is 58.5 cm³/mol. The molecule has 0 aliphatic rings. The lowest BCUT2D eigenvalue weighted by Crippen LogP contribution is -2.01. The molecule has 0 saturated carbocycles. The summed E-state index contributed by atoms with van der Waals surface area (Å²) in [6.07, 6.45) is 4.69. The second-order valence-electron chi connectivity index (χ2n) is 2.59. The summed E-state index contributed by atoms with van der Waals surface area (Å²) in [6, 6.07) is 1.48. The Kier molecular flexibility index (Phi) is 3.53. The molecule has 0 spiro atoms. The van der Waals surface area contributed by atoms with Gasteiger partial charge in [0, 0.05) is 17.5 Å². The van der Waals surface area contributed by atoms with Crippen molar-refractivity contribution in [3.63, 3.8) is 0 Å². The molecule has 1 aromatic heterocycles. The highest BCUT2D eigenvalue weighted by Crippen LogP contribution is 2.12. The third-order valence-corrected chi connectivity index (χ3v) is 1.81. The number of carboxylic acids is 1. The van der Waals surface area contributed by atoms with Crippen LogP contribution in [-0.2, 0) is 0 Å². The first-order valence-corrected chi connectivity index (χ1v) is 4.54. The van der Waals surface area contributed by atoms with E-state index in [-0.39, 0.29) is 5.56 Å². The van der Waals surface area contributed by atoms with Crippen LogP contribution in [0.3, 0.4) is 0 Å². The number of carbonyl (C=O) groups is 1. The van der Waals surface area contributed by atoms with Crippen molar-refractivity contribution in [2.24, 2.45) is 0 Å². The fraction of sp³-hybridized carbons (Fsp3) is 0.111. The molecule has 4 nitrogen and oxygen atoms in total. The average molecular weight is 210 g/mol. The van der Waals surface area contributed by atoms with E-state index >= 15 is 0 Å². The van der Waals surface area contributed by atoms with Gasteiger partial charge in [0.15, 0.2) is 0 Å². The highest BCUT2D eigenvalue weighted by atomic mass is 32.1. The predicted octanol–water partition coefficient (Wildman–Crippen LogP) is 1.31. The minimum atomic E-state index is -1.02. The highest BCUT2D eigenvalue weighted by molar-refractivity contribution is 7.80. The zero-order chi connectivity index (χ0) is 10.6. The Balaban J connectivity index is 3.08. The summed E-state index contributed by atoms with van der Waals surface area (Å²) in [6.45, 7) is 0. The molecule has 14 heavy (non-hydrogen) atoms. The number of rotatable bonds is 3. The molecule has 1 aromatic rings. The number of nitrogen functional groups attached to an aromatic ring is 1. The molecule has 74 valence electrons. The number of carboxylic acid groups (broad SMARTS) is 1. The quantitative estimate of drug-likeness (QED) is 0.657. The van der Waals surface area contributed by atoms with E-state index in [4.69, 9.17) is 10.8 Å². The minimum Gasteiger partial charge on any atom is -0.478 e. The van der Waals surface area contributed by atoms with Crippen LogP contribution in [-0.4, -0.2) is 21.8 Å². The molecule has 1 heterocycles. The summed E-state index contributed by atoms with van der Waals surface area (Å²) in [5.41, 5.74) is 6.27. The van der Waals surface area contributed by atoms with E-state index in [9.17, 15) is 4.79 Å². The number of aromatic carboxylic acids is 1. The Bertz CT molecular complexity index is 377. The normalized spacial score (nSPS) is 10.6. The van der Waals surface area contributed by atoms with E-state index in [1.807, 2.05) is 0 Å². The average Bonchev–Trinajstić information content (AvgIpc) is 2.16. The van der Waals surface area contributed by atoms with Gasteiger partial charge in [-0.1, -0.05) is 12.2 Å². The van der Waals surface area contributed by atoms with E-state index in [0.29, 0.717) is 17.1 Å². The second kappa shape index (κ2) is 4.66. The first-order chi connectivity index (χ1) is 6.65. The molecule has 0 aromatic carbocycles. The van der Waals surface area contributed by atoms with Crippen LogP contribution in [0.25, 0.3) is 6.08 Å². The molecule has 3 N–H and O–H groups in total. The summed E-state index contributed by atoms with van der Waals surface area (Å²) in [5.74, 6) is -0.137. The molecule has 0 unspecified atom stereocenters. The number of aromatic nitrogens is 1. The fourth-order valence-corrected chi connectivity index (χ4v) is 1.03. The van der Waals surface area contributed by atoms with Gasteiger partial charge in [-0.3, -0.25) is 0 Å². The van der Waals surface area contributed by atoms with E-state index in [0.717, 1.165) is 0 Å². The van der Waals surface area contributed by atoms with Crippen molar-refractivity contribution in [1.82, 2.24) is 4.98 Å². The first-order valence-electron chi connectivity index (χ1n) is 3.91. The molecule has 0 fully saturated rings. The van der Waals surface area contributed by atoms with Crippen molar-refractivity contribution in [2.45, 2.75) is 0 Å².